The van der Waals surface area contributed by atoms with Gasteiger partial charge in [0.1, 0.15) is 4.88 Å². The number of unbranched alkanes of at least 4 members (excludes halogenated alkanes) is 2. The molecule has 0 unspecified atom stereocenters. The van der Waals surface area contributed by atoms with E-state index in [4.69, 9.17) is 4.74 Å². The van der Waals surface area contributed by atoms with Crippen molar-refractivity contribution >= 4 is 39.9 Å². The van der Waals surface area contributed by atoms with Crippen LogP contribution in [0.15, 0.2) is 24.3 Å². The molecule has 3 rings (SSSR count). The van der Waals surface area contributed by atoms with Gasteiger partial charge in [0.25, 0.3) is 0 Å². The number of thiazole rings is 1. The lowest BCUT2D eigenvalue weighted by Crippen LogP contribution is -2.39. The van der Waals surface area contributed by atoms with Gasteiger partial charge >= 0.3 is 5.97 Å². The number of amides is 2. The molecule has 0 radical (unpaired) electrons. The van der Waals surface area contributed by atoms with Crippen LogP contribution >= 0.6 is 11.3 Å². The Labute approximate surface area is 180 Å². The number of esters is 1. The molecule has 0 saturated heterocycles. The van der Waals surface area contributed by atoms with Crippen molar-refractivity contribution in [1.82, 2.24) is 4.98 Å². The fraction of sp³-hybridized carbons (Fsp3) is 0.455. The molecule has 1 aromatic heterocycles. The summed E-state index contributed by atoms with van der Waals surface area (Å²) < 4.78 is 5.11. The lowest BCUT2D eigenvalue weighted by atomic mass is 9.89. The minimum absolute atomic E-state index is 0.0925. The van der Waals surface area contributed by atoms with Gasteiger partial charge in [-0.05, 0) is 31.9 Å². The fourth-order valence-electron chi connectivity index (χ4n) is 3.52. The van der Waals surface area contributed by atoms with E-state index in [1.807, 2.05) is 18.2 Å². The van der Waals surface area contributed by atoms with Gasteiger partial charge in [0.15, 0.2) is 5.13 Å². The Morgan fingerprint density at radius 2 is 2.03 bits per heavy atom. The SMILES string of the molecule is CCCCCN(C(=O)[C@@H]1CC(=O)Nc2ccccc21)c1nc(C)c(C(=O)OCC)s1. The molecule has 7 nitrogen and oxygen atoms in total. The maximum atomic E-state index is 13.6. The minimum atomic E-state index is -0.577. The van der Waals surface area contributed by atoms with Crippen LogP contribution in [0, 0.1) is 6.92 Å². The van der Waals surface area contributed by atoms with Gasteiger partial charge in [-0.15, -0.1) is 0 Å². The monoisotopic (exact) mass is 429 g/mol. The van der Waals surface area contributed by atoms with Crippen LogP contribution in [0.4, 0.5) is 10.8 Å². The summed E-state index contributed by atoms with van der Waals surface area (Å²) in [6, 6.07) is 7.38. The van der Waals surface area contributed by atoms with Gasteiger partial charge < -0.3 is 10.1 Å². The number of anilines is 2. The molecule has 0 saturated carbocycles. The molecule has 1 atom stereocenters. The predicted octanol–water partition coefficient (Wildman–Crippen LogP) is 4.28. The Morgan fingerprint density at radius 3 is 2.77 bits per heavy atom. The topological polar surface area (TPSA) is 88.6 Å². The Bertz CT molecular complexity index is 940. The third-order valence-electron chi connectivity index (χ3n) is 5.03. The normalized spacial score (nSPS) is 15.3. The summed E-state index contributed by atoms with van der Waals surface area (Å²) in [6.45, 7) is 6.35. The number of hydrogen-bond donors (Lipinski definition) is 1. The second-order valence-electron chi connectivity index (χ2n) is 7.22. The summed E-state index contributed by atoms with van der Waals surface area (Å²) >= 11 is 1.17. The number of nitrogens with zero attached hydrogens (tertiary/aromatic N) is 2. The zero-order valence-corrected chi connectivity index (χ0v) is 18.4. The highest BCUT2D eigenvalue weighted by molar-refractivity contribution is 7.17. The van der Waals surface area contributed by atoms with Gasteiger partial charge in [-0.3, -0.25) is 14.5 Å². The third-order valence-corrected chi connectivity index (χ3v) is 6.19. The smallest absolute Gasteiger partial charge is 0.350 e. The molecule has 1 aliphatic rings. The van der Waals surface area contributed by atoms with Crippen molar-refractivity contribution in [2.75, 3.05) is 23.4 Å². The Kier molecular flexibility index (Phi) is 7.20. The number of rotatable bonds is 8. The van der Waals surface area contributed by atoms with Crippen molar-refractivity contribution in [3.8, 4) is 0 Å². The largest absolute Gasteiger partial charge is 0.462 e. The van der Waals surface area contributed by atoms with E-state index in [0.29, 0.717) is 27.9 Å². The number of para-hydroxylation sites is 1. The minimum Gasteiger partial charge on any atom is -0.462 e. The molecule has 1 N–H and O–H groups in total. The van der Waals surface area contributed by atoms with Gasteiger partial charge in [0.05, 0.1) is 18.2 Å². The Hall–Kier alpha value is -2.74. The van der Waals surface area contributed by atoms with Crippen molar-refractivity contribution in [3.05, 3.63) is 40.4 Å². The molecule has 1 aliphatic heterocycles. The second kappa shape index (κ2) is 9.84. The van der Waals surface area contributed by atoms with Crippen LogP contribution in [0.5, 0.6) is 0 Å². The zero-order valence-electron chi connectivity index (χ0n) is 17.6. The van der Waals surface area contributed by atoms with Gasteiger partial charge in [-0.2, -0.15) is 0 Å². The molecule has 0 fully saturated rings. The molecular formula is C22H27N3O4S. The van der Waals surface area contributed by atoms with Crippen LogP contribution in [0.2, 0.25) is 0 Å². The molecule has 0 spiro atoms. The maximum Gasteiger partial charge on any atom is 0.350 e. The quantitative estimate of drug-likeness (QED) is 0.500. The summed E-state index contributed by atoms with van der Waals surface area (Å²) in [5, 5.41) is 3.31. The van der Waals surface area contributed by atoms with Crippen LogP contribution in [0.1, 0.15) is 66.4 Å². The lowest BCUT2D eigenvalue weighted by Gasteiger charge is -2.29. The van der Waals surface area contributed by atoms with E-state index in [9.17, 15) is 14.4 Å². The summed E-state index contributed by atoms with van der Waals surface area (Å²) in [7, 11) is 0. The van der Waals surface area contributed by atoms with E-state index < -0.39 is 11.9 Å². The number of aryl methyl sites for hydroxylation is 1. The standard InChI is InChI=1S/C22H27N3O4S/c1-4-6-9-12-25(22-23-14(3)19(30-22)21(28)29-5-2)20(27)16-13-18(26)24-17-11-8-7-10-15(16)17/h7-8,10-11,16H,4-6,9,12-13H2,1-3H3,(H,24,26)/t16-/m1/s1. The summed E-state index contributed by atoms with van der Waals surface area (Å²) in [5.74, 6) is -1.35. The molecule has 2 aromatic rings. The third kappa shape index (κ3) is 4.70. The van der Waals surface area contributed by atoms with E-state index in [1.165, 1.54) is 11.3 Å². The number of nitrogens with one attached hydrogen (secondary N) is 1. The highest BCUT2D eigenvalue weighted by Crippen LogP contribution is 2.36. The van der Waals surface area contributed by atoms with Crippen molar-refractivity contribution in [2.24, 2.45) is 0 Å². The van der Waals surface area contributed by atoms with Crippen molar-refractivity contribution in [3.63, 3.8) is 0 Å². The molecule has 2 amide bonds. The molecule has 1 aromatic carbocycles. The summed E-state index contributed by atoms with van der Waals surface area (Å²) in [5.41, 5.74) is 2.02. The second-order valence-corrected chi connectivity index (χ2v) is 8.20. The van der Waals surface area contributed by atoms with Crippen molar-refractivity contribution < 1.29 is 19.1 Å². The van der Waals surface area contributed by atoms with Crippen LogP contribution in [0.3, 0.4) is 0 Å². The van der Waals surface area contributed by atoms with Crippen molar-refractivity contribution in [2.45, 2.75) is 52.4 Å². The van der Waals surface area contributed by atoms with E-state index in [2.05, 4.69) is 17.2 Å². The number of carbonyl (C=O) groups excluding carboxylic acids is 3. The van der Waals surface area contributed by atoms with Crippen molar-refractivity contribution in [1.29, 1.82) is 0 Å². The van der Waals surface area contributed by atoms with Gasteiger partial charge in [0, 0.05) is 18.7 Å². The van der Waals surface area contributed by atoms with Gasteiger partial charge in [0.2, 0.25) is 11.8 Å². The number of carbonyl (C=O) groups is 3. The van der Waals surface area contributed by atoms with Gasteiger partial charge in [-0.1, -0.05) is 49.3 Å². The first kappa shape index (κ1) is 22.0. The Balaban J connectivity index is 1.94. The molecule has 160 valence electrons. The van der Waals surface area contributed by atoms with E-state index in [1.54, 1.807) is 24.8 Å². The highest BCUT2D eigenvalue weighted by atomic mass is 32.1. The number of fused-ring (bicyclic) bond motifs is 1. The van der Waals surface area contributed by atoms with Crippen LogP contribution in [0.25, 0.3) is 0 Å². The molecule has 2 heterocycles. The molecule has 0 aliphatic carbocycles. The maximum absolute atomic E-state index is 13.6. The Morgan fingerprint density at radius 1 is 1.27 bits per heavy atom. The average Bonchev–Trinajstić information content (AvgIpc) is 3.11. The summed E-state index contributed by atoms with van der Waals surface area (Å²) in [6.07, 6.45) is 2.90. The van der Waals surface area contributed by atoms with E-state index in [0.717, 1.165) is 24.8 Å². The summed E-state index contributed by atoms with van der Waals surface area (Å²) in [4.78, 5) is 44.6. The first-order valence-corrected chi connectivity index (χ1v) is 11.1. The van der Waals surface area contributed by atoms with Crippen LogP contribution in [-0.4, -0.2) is 35.9 Å². The number of aromatic nitrogens is 1. The first-order valence-electron chi connectivity index (χ1n) is 10.3. The molecule has 30 heavy (non-hydrogen) atoms. The first-order chi connectivity index (χ1) is 14.5. The number of benzene rings is 1. The lowest BCUT2D eigenvalue weighted by molar-refractivity contribution is -0.124. The number of hydrogen-bond acceptors (Lipinski definition) is 6. The predicted molar refractivity (Wildman–Crippen MR) is 117 cm³/mol. The van der Waals surface area contributed by atoms with Crippen LogP contribution in [-0.2, 0) is 14.3 Å². The fourth-order valence-corrected chi connectivity index (χ4v) is 4.52. The molecule has 8 heteroatoms. The number of ether oxygens (including phenoxy) is 1. The van der Waals surface area contributed by atoms with Gasteiger partial charge in [-0.25, -0.2) is 9.78 Å². The van der Waals surface area contributed by atoms with E-state index >= 15 is 0 Å². The molecular weight excluding hydrogens is 402 g/mol. The van der Waals surface area contributed by atoms with E-state index in [-0.39, 0.29) is 24.8 Å². The van der Waals surface area contributed by atoms with Crippen LogP contribution < -0.4 is 10.2 Å². The highest BCUT2D eigenvalue weighted by Gasteiger charge is 2.35. The average molecular weight is 430 g/mol. The zero-order chi connectivity index (χ0) is 21.7. The molecule has 0 bridgehead atoms.